The average molecular weight is 323 g/mol. The minimum absolute atomic E-state index is 0.319. The molecule has 23 heavy (non-hydrogen) atoms. The predicted octanol–water partition coefficient (Wildman–Crippen LogP) is 5.42. The molecule has 0 aliphatic heterocycles. The molecule has 0 amide bonds. The van der Waals surface area contributed by atoms with Gasteiger partial charge in [0.15, 0.2) is 12.0 Å². The van der Waals surface area contributed by atoms with Crippen LogP contribution in [-0.2, 0) is 6.42 Å². The second kappa shape index (κ2) is 7.12. The molecule has 0 atom stereocenters. The lowest BCUT2D eigenvalue weighted by molar-refractivity contribution is 0.110. The first kappa shape index (κ1) is 15.3. The highest BCUT2D eigenvalue weighted by Crippen LogP contribution is 2.27. The molecule has 3 aromatic rings. The van der Waals surface area contributed by atoms with E-state index < -0.39 is 0 Å². The number of rotatable bonds is 5. The highest BCUT2D eigenvalue weighted by molar-refractivity contribution is 6.30. The Labute approximate surface area is 140 Å². The van der Waals surface area contributed by atoms with Crippen molar-refractivity contribution in [3.8, 4) is 0 Å². The molecule has 2 nitrogen and oxygen atoms in total. The van der Waals surface area contributed by atoms with Gasteiger partial charge in [-0.3, -0.25) is 4.79 Å². The minimum atomic E-state index is 0.319. The maximum atomic E-state index is 10.9. The third-order valence-corrected chi connectivity index (χ3v) is 3.80. The minimum Gasteiger partial charge on any atom is -0.453 e. The van der Waals surface area contributed by atoms with E-state index in [0.717, 1.165) is 17.6 Å². The van der Waals surface area contributed by atoms with Gasteiger partial charge in [-0.2, -0.15) is 0 Å². The van der Waals surface area contributed by atoms with E-state index in [0.29, 0.717) is 22.8 Å². The van der Waals surface area contributed by atoms with Gasteiger partial charge in [0.1, 0.15) is 5.76 Å². The average Bonchev–Trinajstić information content (AvgIpc) is 3.06. The molecule has 3 rings (SSSR count). The summed E-state index contributed by atoms with van der Waals surface area (Å²) in [5, 5.41) is 0.684. The molecule has 0 aliphatic carbocycles. The number of halogens is 1. The van der Waals surface area contributed by atoms with E-state index in [4.69, 9.17) is 16.0 Å². The van der Waals surface area contributed by atoms with Gasteiger partial charge in [0, 0.05) is 10.6 Å². The Bertz CT molecular complexity index is 814. The van der Waals surface area contributed by atoms with Crippen LogP contribution < -0.4 is 0 Å². The SMILES string of the molecule is O=Cc1ccc(/C(=C/Cc2ccccc2)c2ccc(Cl)cc2)o1. The first-order valence-electron chi connectivity index (χ1n) is 7.31. The molecule has 0 bridgehead atoms. The van der Waals surface area contributed by atoms with Crippen molar-refractivity contribution in [1.82, 2.24) is 0 Å². The summed E-state index contributed by atoms with van der Waals surface area (Å²) < 4.78 is 5.60. The standard InChI is InChI=1S/C20H15ClO2/c21-17-9-7-16(8-10-17)19(20-13-11-18(14-22)23-20)12-6-15-4-2-1-3-5-15/h1-5,7-14H,6H2/b19-12+. The molecular formula is C20H15ClO2. The summed E-state index contributed by atoms with van der Waals surface area (Å²) in [6, 6.07) is 21.3. The zero-order valence-corrected chi connectivity index (χ0v) is 13.2. The number of hydrogen-bond donors (Lipinski definition) is 0. The molecule has 0 radical (unpaired) electrons. The molecule has 2 aromatic carbocycles. The van der Waals surface area contributed by atoms with Crippen LogP contribution >= 0.6 is 11.6 Å². The highest BCUT2D eigenvalue weighted by Gasteiger charge is 2.10. The van der Waals surface area contributed by atoms with Crippen LogP contribution in [0, 0.1) is 0 Å². The Kier molecular flexibility index (Phi) is 4.74. The molecular weight excluding hydrogens is 308 g/mol. The summed E-state index contributed by atoms with van der Waals surface area (Å²) in [5.74, 6) is 0.991. The van der Waals surface area contributed by atoms with Crippen LogP contribution in [0.4, 0.5) is 0 Å². The molecule has 0 saturated carbocycles. The lowest BCUT2D eigenvalue weighted by Crippen LogP contribution is -1.89. The lowest BCUT2D eigenvalue weighted by atomic mass is 10.0. The summed E-state index contributed by atoms with van der Waals surface area (Å²) >= 11 is 5.97. The van der Waals surface area contributed by atoms with Gasteiger partial charge in [-0.1, -0.05) is 60.1 Å². The van der Waals surface area contributed by atoms with Gasteiger partial charge < -0.3 is 4.42 Å². The van der Waals surface area contributed by atoms with E-state index in [-0.39, 0.29) is 0 Å². The maximum Gasteiger partial charge on any atom is 0.185 e. The zero-order valence-electron chi connectivity index (χ0n) is 12.4. The van der Waals surface area contributed by atoms with E-state index in [1.165, 1.54) is 5.56 Å². The van der Waals surface area contributed by atoms with Crippen molar-refractivity contribution in [1.29, 1.82) is 0 Å². The van der Waals surface area contributed by atoms with Crippen molar-refractivity contribution in [2.45, 2.75) is 6.42 Å². The topological polar surface area (TPSA) is 30.2 Å². The third kappa shape index (κ3) is 3.79. The van der Waals surface area contributed by atoms with Crippen LogP contribution in [0.1, 0.15) is 27.4 Å². The van der Waals surface area contributed by atoms with E-state index >= 15 is 0 Å². The van der Waals surface area contributed by atoms with Gasteiger partial charge in [-0.15, -0.1) is 0 Å². The Balaban J connectivity index is 1.98. The second-order valence-corrected chi connectivity index (χ2v) is 5.57. The fourth-order valence-corrected chi connectivity index (χ4v) is 2.51. The van der Waals surface area contributed by atoms with Gasteiger partial charge in [0.05, 0.1) is 0 Å². The zero-order chi connectivity index (χ0) is 16.1. The van der Waals surface area contributed by atoms with E-state index in [2.05, 4.69) is 18.2 Å². The molecule has 1 heterocycles. The summed E-state index contributed by atoms with van der Waals surface area (Å²) in [6.45, 7) is 0. The molecule has 0 fully saturated rings. The van der Waals surface area contributed by atoms with Crippen LogP contribution in [0.15, 0.2) is 77.2 Å². The van der Waals surface area contributed by atoms with Gasteiger partial charge in [0.25, 0.3) is 0 Å². The summed E-state index contributed by atoms with van der Waals surface area (Å²) in [7, 11) is 0. The Morgan fingerprint density at radius 2 is 1.70 bits per heavy atom. The van der Waals surface area contributed by atoms with Gasteiger partial charge in [0.2, 0.25) is 0 Å². The van der Waals surface area contributed by atoms with Crippen molar-refractivity contribution in [2.24, 2.45) is 0 Å². The second-order valence-electron chi connectivity index (χ2n) is 5.13. The van der Waals surface area contributed by atoms with E-state index in [9.17, 15) is 4.79 Å². The van der Waals surface area contributed by atoms with Crippen LogP contribution in [0.25, 0.3) is 5.57 Å². The molecule has 0 N–H and O–H groups in total. The lowest BCUT2D eigenvalue weighted by Gasteiger charge is -2.06. The fourth-order valence-electron chi connectivity index (χ4n) is 2.39. The number of carbonyl (C=O) groups excluding carboxylic acids is 1. The Hall–Kier alpha value is -2.58. The number of furan rings is 1. The Morgan fingerprint density at radius 1 is 0.957 bits per heavy atom. The van der Waals surface area contributed by atoms with Gasteiger partial charge in [-0.25, -0.2) is 0 Å². The number of aldehydes is 1. The van der Waals surface area contributed by atoms with Crippen LogP contribution in [0.2, 0.25) is 5.02 Å². The molecule has 3 heteroatoms. The smallest absolute Gasteiger partial charge is 0.185 e. The normalized spacial score (nSPS) is 11.4. The first-order valence-corrected chi connectivity index (χ1v) is 7.69. The largest absolute Gasteiger partial charge is 0.453 e. The van der Waals surface area contributed by atoms with Gasteiger partial charge in [-0.05, 0) is 41.8 Å². The summed E-state index contributed by atoms with van der Waals surface area (Å²) in [6.07, 6.45) is 3.59. The fraction of sp³-hybridized carbons (Fsp3) is 0.0500. The number of carbonyl (C=O) groups is 1. The predicted molar refractivity (Wildman–Crippen MR) is 92.8 cm³/mol. The van der Waals surface area contributed by atoms with Crippen molar-refractivity contribution in [3.05, 3.63) is 100 Å². The van der Waals surface area contributed by atoms with Crippen molar-refractivity contribution < 1.29 is 9.21 Å². The maximum absolute atomic E-state index is 10.9. The number of allylic oxidation sites excluding steroid dienone is 1. The van der Waals surface area contributed by atoms with Crippen molar-refractivity contribution >= 4 is 23.5 Å². The van der Waals surface area contributed by atoms with E-state index in [1.54, 1.807) is 6.07 Å². The highest BCUT2D eigenvalue weighted by atomic mass is 35.5. The Morgan fingerprint density at radius 3 is 2.35 bits per heavy atom. The summed E-state index contributed by atoms with van der Waals surface area (Å²) in [4.78, 5) is 10.9. The molecule has 0 unspecified atom stereocenters. The van der Waals surface area contributed by atoms with Crippen molar-refractivity contribution in [3.63, 3.8) is 0 Å². The quantitative estimate of drug-likeness (QED) is 0.587. The van der Waals surface area contributed by atoms with Crippen LogP contribution in [0.5, 0.6) is 0 Å². The number of benzene rings is 2. The first-order chi connectivity index (χ1) is 11.3. The number of hydrogen-bond acceptors (Lipinski definition) is 2. The molecule has 0 saturated heterocycles. The molecule has 0 spiro atoms. The molecule has 1 aromatic heterocycles. The molecule has 0 aliphatic rings. The van der Waals surface area contributed by atoms with Crippen LogP contribution in [-0.4, -0.2) is 6.29 Å². The van der Waals surface area contributed by atoms with E-state index in [1.807, 2.05) is 48.5 Å². The monoisotopic (exact) mass is 322 g/mol. The third-order valence-electron chi connectivity index (χ3n) is 3.55. The van der Waals surface area contributed by atoms with Gasteiger partial charge >= 0.3 is 0 Å². The van der Waals surface area contributed by atoms with Crippen molar-refractivity contribution in [2.75, 3.05) is 0 Å². The van der Waals surface area contributed by atoms with Crippen LogP contribution in [0.3, 0.4) is 0 Å². The molecule has 114 valence electrons. The summed E-state index contributed by atoms with van der Waals surface area (Å²) in [5.41, 5.74) is 3.15.